The maximum Gasteiger partial charge on any atom is 0.219 e. The van der Waals surface area contributed by atoms with Gasteiger partial charge in [0.2, 0.25) is 5.60 Å². The third-order valence-electron chi connectivity index (χ3n) is 8.11. The van der Waals surface area contributed by atoms with Crippen LogP contribution in [-0.2, 0) is 9.53 Å². The molecule has 0 unspecified atom stereocenters. The van der Waals surface area contributed by atoms with Crippen LogP contribution in [0, 0.1) is 40.9 Å². The van der Waals surface area contributed by atoms with Gasteiger partial charge in [-0.05, 0) is 41.9 Å². The third kappa shape index (κ3) is 1.64. The Bertz CT molecular complexity index is 634. The molecule has 0 aromatic rings. The highest BCUT2D eigenvalue weighted by Gasteiger charge is 2.83. The summed E-state index contributed by atoms with van der Waals surface area (Å²) in [6, 6.07) is 0. The molecular weight excluding hydrogens is 304 g/mol. The molecule has 4 nitrogen and oxygen atoms in total. The number of aliphatic hydroxyl groups is 2. The van der Waals surface area contributed by atoms with E-state index in [1.54, 1.807) is 0 Å². The van der Waals surface area contributed by atoms with Crippen molar-refractivity contribution in [1.29, 1.82) is 0 Å². The van der Waals surface area contributed by atoms with Crippen LogP contribution in [-0.4, -0.2) is 39.9 Å². The lowest BCUT2D eigenvalue weighted by atomic mass is 9.42. The zero-order chi connectivity index (χ0) is 17.5. The van der Waals surface area contributed by atoms with Crippen LogP contribution in [0.5, 0.6) is 0 Å². The van der Waals surface area contributed by atoms with E-state index in [-0.39, 0.29) is 35.1 Å². The molecule has 2 N–H and O–H groups in total. The molecule has 132 valence electrons. The lowest BCUT2D eigenvalue weighted by molar-refractivity contribution is -0.173. The summed E-state index contributed by atoms with van der Waals surface area (Å²) in [4.78, 5) is 12.8. The van der Waals surface area contributed by atoms with E-state index in [9.17, 15) is 15.0 Å². The number of hydrogen-bond acceptors (Lipinski definition) is 4. The van der Waals surface area contributed by atoms with Gasteiger partial charge in [-0.25, -0.2) is 0 Å². The minimum Gasteiger partial charge on any atom is -0.393 e. The molecule has 0 bridgehead atoms. The minimum absolute atomic E-state index is 0.0177. The van der Waals surface area contributed by atoms with Gasteiger partial charge in [-0.15, -0.1) is 6.42 Å². The van der Waals surface area contributed by atoms with Crippen LogP contribution in [0.2, 0.25) is 0 Å². The Balaban J connectivity index is 1.81. The molecule has 1 heterocycles. The molecule has 3 aliphatic carbocycles. The molecule has 7 atom stereocenters. The van der Waals surface area contributed by atoms with E-state index in [0.29, 0.717) is 18.8 Å². The predicted octanol–water partition coefficient (Wildman–Crippen LogP) is 1.92. The molecule has 24 heavy (non-hydrogen) atoms. The second-order valence-corrected chi connectivity index (χ2v) is 9.44. The fourth-order valence-electron chi connectivity index (χ4n) is 6.93. The van der Waals surface area contributed by atoms with Gasteiger partial charge in [-0.1, -0.05) is 33.1 Å². The predicted molar refractivity (Wildman–Crippen MR) is 88.9 cm³/mol. The maximum absolute atomic E-state index is 12.8. The van der Waals surface area contributed by atoms with Crippen LogP contribution < -0.4 is 0 Å². The van der Waals surface area contributed by atoms with Crippen molar-refractivity contribution in [2.45, 2.75) is 70.2 Å². The summed E-state index contributed by atoms with van der Waals surface area (Å²) < 4.78 is 5.78. The molecule has 0 aromatic heterocycles. The van der Waals surface area contributed by atoms with Crippen molar-refractivity contribution >= 4 is 5.78 Å². The highest BCUT2D eigenvalue weighted by molar-refractivity contribution is 5.97. The topological polar surface area (TPSA) is 70.1 Å². The molecule has 4 heteroatoms. The van der Waals surface area contributed by atoms with Gasteiger partial charge in [0.25, 0.3) is 0 Å². The van der Waals surface area contributed by atoms with Gasteiger partial charge in [-0.2, -0.15) is 0 Å². The number of terminal acetylenes is 1. The van der Waals surface area contributed by atoms with E-state index < -0.39 is 17.3 Å². The Morgan fingerprint density at radius 3 is 2.67 bits per heavy atom. The molecular formula is C20H28O4. The summed E-state index contributed by atoms with van der Waals surface area (Å²) in [6.45, 7) is 6.55. The number of rotatable bonds is 1. The van der Waals surface area contributed by atoms with Crippen molar-refractivity contribution in [3.63, 3.8) is 0 Å². The lowest BCUT2D eigenvalue weighted by Crippen LogP contribution is -2.64. The summed E-state index contributed by atoms with van der Waals surface area (Å²) in [6.07, 6.45) is 9.45. The van der Waals surface area contributed by atoms with Gasteiger partial charge in [0.15, 0.2) is 5.78 Å². The van der Waals surface area contributed by atoms with Crippen LogP contribution >= 0.6 is 0 Å². The summed E-state index contributed by atoms with van der Waals surface area (Å²) in [5.41, 5.74) is -2.25. The molecule has 3 saturated carbocycles. The number of carbonyl (C=O) groups excluding carboxylic acids is 1. The molecule has 0 radical (unpaired) electrons. The summed E-state index contributed by atoms with van der Waals surface area (Å²) in [5, 5.41) is 21.1. The Kier molecular flexibility index (Phi) is 3.20. The minimum atomic E-state index is -1.31. The molecule has 0 amide bonds. The summed E-state index contributed by atoms with van der Waals surface area (Å²) >= 11 is 0. The van der Waals surface area contributed by atoms with Crippen molar-refractivity contribution < 1.29 is 19.7 Å². The zero-order valence-electron chi connectivity index (χ0n) is 14.8. The smallest absolute Gasteiger partial charge is 0.219 e. The molecule has 4 aliphatic rings. The normalized spacial score (nSPS) is 54.9. The first-order valence-electron chi connectivity index (χ1n) is 9.19. The number of fused-ring (bicyclic) bond motifs is 5. The first kappa shape index (κ1) is 16.6. The van der Waals surface area contributed by atoms with Crippen LogP contribution in [0.1, 0.15) is 52.9 Å². The van der Waals surface area contributed by atoms with E-state index in [1.807, 2.05) is 0 Å². The van der Waals surface area contributed by atoms with Crippen molar-refractivity contribution in [2.24, 2.45) is 28.6 Å². The number of aliphatic hydroxyl groups excluding tert-OH is 2. The average molecular weight is 332 g/mol. The molecule has 1 aliphatic heterocycles. The monoisotopic (exact) mass is 332 g/mol. The first-order valence-corrected chi connectivity index (χ1v) is 9.19. The van der Waals surface area contributed by atoms with Crippen molar-refractivity contribution in [3.8, 4) is 12.3 Å². The quantitative estimate of drug-likeness (QED) is 0.568. The maximum atomic E-state index is 12.8. The van der Waals surface area contributed by atoms with Crippen molar-refractivity contribution in [2.75, 3.05) is 6.61 Å². The van der Waals surface area contributed by atoms with E-state index in [2.05, 4.69) is 26.7 Å². The fraction of sp³-hybridized carbons (Fsp3) is 0.850. The van der Waals surface area contributed by atoms with Gasteiger partial charge in [0.05, 0.1) is 12.7 Å². The highest BCUT2D eigenvalue weighted by atomic mass is 16.6. The van der Waals surface area contributed by atoms with Gasteiger partial charge in [-0.3, -0.25) is 4.79 Å². The Labute approximate surface area is 144 Å². The number of epoxide rings is 1. The summed E-state index contributed by atoms with van der Waals surface area (Å²) in [7, 11) is 0. The Morgan fingerprint density at radius 1 is 1.33 bits per heavy atom. The Morgan fingerprint density at radius 2 is 2.04 bits per heavy atom. The average Bonchev–Trinajstić information content (AvgIpc) is 3.21. The first-order chi connectivity index (χ1) is 11.2. The number of carbonyl (C=O) groups is 1. The van der Waals surface area contributed by atoms with Gasteiger partial charge in [0.1, 0.15) is 5.60 Å². The summed E-state index contributed by atoms with van der Waals surface area (Å²) in [5.74, 6) is 2.56. The molecule has 4 fully saturated rings. The number of hydrogen-bond donors (Lipinski definition) is 2. The fourth-order valence-corrected chi connectivity index (χ4v) is 6.93. The van der Waals surface area contributed by atoms with E-state index in [0.717, 1.165) is 19.3 Å². The third-order valence-corrected chi connectivity index (χ3v) is 8.11. The van der Waals surface area contributed by atoms with Crippen LogP contribution in [0.4, 0.5) is 0 Å². The van der Waals surface area contributed by atoms with Gasteiger partial charge >= 0.3 is 0 Å². The Hall–Kier alpha value is -0.890. The van der Waals surface area contributed by atoms with Gasteiger partial charge in [0, 0.05) is 12.3 Å². The SMILES string of the molecule is C#C[C@@]12O[C@]1(CO)[C@@H]1[C@@H](O)C[C@H]3C(C)(C)CCC[C@]3(C)[C@H]1CC2=O. The molecule has 0 spiro atoms. The van der Waals surface area contributed by atoms with E-state index in [1.165, 1.54) is 0 Å². The molecule has 0 aromatic carbocycles. The van der Waals surface area contributed by atoms with Crippen LogP contribution in [0.25, 0.3) is 0 Å². The lowest BCUT2D eigenvalue weighted by Gasteiger charge is -2.62. The number of Topliss-reactive ketones (excluding diaryl/α,β-unsaturated/α-hetero) is 1. The highest BCUT2D eigenvalue weighted by Crippen LogP contribution is 2.70. The van der Waals surface area contributed by atoms with Crippen LogP contribution in [0.15, 0.2) is 0 Å². The standard InChI is InChI=1S/C20H28O4/c1-5-19-15(23)9-12-16(20(19,11-21)24-19)13(22)10-14-17(2,3)7-6-8-18(12,14)4/h1,12-14,16,21-22H,6-11H2,2-4H3/t12-,13-,14-,16-,18+,19-,20+/m0/s1. The zero-order valence-corrected chi connectivity index (χ0v) is 14.8. The van der Waals surface area contributed by atoms with Crippen molar-refractivity contribution in [3.05, 3.63) is 0 Å². The van der Waals surface area contributed by atoms with Gasteiger partial charge < -0.3 is 14.9 Å². The number of ether oxygens (including phenoxy) is 1. The van der Waals surface area contributed by atoms with E-state index >= 15 is 0 Å². The molecule has 1 saturated heterocycles. The second kappa shape index (κ2) is 4.63. The molecule has 4 rings (SSSR count). The largest absolute Gasteiger partial charge is 0.393 e. The van der Waals surface area contributed by atoms with Crippen LogP contribution in [0.3, 0.4) is 0 Å². The number of ketones is 1. The van der Waals surface area contributed by atoms with Crippen molar-refractivity contribution in [1.82, 2.24) is 0 Å². The second-order valence-electron chi connectivity index (χ2n) is 9.44. The van der Waals surface area contributed by atoms with E-state index in [4.69, 9.17) is 11.2 Å².